The molecule has 0 saturated carbocycles. The highest BCUT2D eigenvalue weighted by molar-refractivity contribution is 7.89. The number of hydrogen-bond acceptors (Lipinski definition) is 4. The highest BCUT2D eigenvalue weighted by atomic mass is 35.5. The van der Waals surface area contributed by atoms with Crippen molar-refractivity contribution in [2.75, 3.05) is 5.32 Å². The van der Waals surface area contributed by atoms with Gasteiger partial charge in [0.05, 0.1) is 4.90 Å². The summed E-state index contributed by atoms with van der Waals surface area (Å²) in [5.41, 5.74) is 0.883. The van der Waals surface area contributed by atoms with Crippen molar-refractivity contribution in [2.24, 2.45) is 5.14 Å². The van der Waals surface area contributed by atoms with Gasteiger partial charge in [-0.3, -0.25) is 4.79 Å². The number of hydrogen-bond donors (Lipinski definition) is 2. The third-order valence-electron chi connectivity index (χ3n) is 2.99. The van der Waals surface area contributed by atoms with Crippen molar-refractivity contribution in [1.82, 2.24) is 0 Å². The molecule has 2 aromatic carbocycles. The minimum Gasteiger partial charge on any atom is -0.321 e. The Kier molecular flexibility index (Phi) is 5.36. The van der Waals surface area contributed by atoms with Crippen LogP contribution in [0.1, 0.15) is 5.56 Å². The van der Waals surface area contributed by atoms with Crippen LogP contribution in [0, 0.1) is 11.3 Å². The second kappa shape index (κ2) is 7.27. The zero-order chi connectivity index (χ0) is 17.7. The number of sulfonamides is 1. The van der Waals surface area contributed by atoms with Gasteiger partial charge in [0.25, 0.3) is 5.91 Å². The number of nitriles is 1. The quantitative estimate of drug-likeness (QED) is 0.643. The van der Waals surface area contributed by atoms with E-state index in [1.165, 1.54) is 30.3 Å². The number of carbonyl (C=O) groups excluding carboxylic acids is 1. The lowest BCUT2D eigenvalue weighted by atomic mass is 10.1. The highest BCUT2D eigenvalue weighted by Crippen LogP contribution is 2.16. The fourth-order valence-corrected chi connectivity index (χ4v) is 2.44. The first kappa shape index (κ1) is 17.7. The van der Waals surface area contributed by atoms with Gasteiger partial charge in [0.1, 0.15) is 11.6 Å². The van der Waals surface area contributed by atoms with Crippen LogP contribution in [-0.4, -0.2) is 14.3 Å². The van der Waals surface area contributed by atoms with E-state index < -0.39 is 15.9 Å². The van der Waals surface area contributed by atoms with Crippen molar-refractivity contribution in [3.63, 3.8) is 0 Å². The minimum absolute atomic E-state index is 0.0716. The van der Waals surface area contributed by atoms with Crippen LogP contribution in [0.2, 0.25) is 5.02 Å². The van der Waals surface area contributed by atoms with Gasteiger partial charge in [0.2, 0.25) is 10.0 Å². The van der Waals surface area contributed by atoms with Crippen LogP contribution in [0.15, 0.2) is 59.0 Å². The molecule has 0 atom stereocenters. The van der Waals surface area contributed by atoms with Gasteiger partial charge >= 0.3 is 0 Å². The van der Waals surface area contributed by atoms with Gasteiger partial charge in [-0.05, 0) is 48.0 Å². The van der Waals surface area contributed by atoms with Crippen molar-refractivity contribution in [3.8, 4) is 6.07 Å². The maximum atomic E-state index is 12.1. The summed E-state index contributed by atoms with van der Waals surface area (Å²) in [4.78, 5) is 12.1. The highest BCUT2D eigenvalue weighted by Gasteiger charge is 2.11. The topological polar surface area (TPSA) is 113 Å². The molecule has 122 valence electrons. The molecule has 2 rings (SSSR count). The average molecular weight is 362 g/mol. The molecule has 0 aliphatic carbocycles. The molecular formula is C16H12ClN3O3S. The van der Waals surface area contributed by atoms with E-state index in [9.17, 15) is 13.2 Å². The molecular weight excluding hydrogens is 350 g/mol. The summed E-state index contributed by atoms with van der Waals surface area (Å²) in [7, 11) is -3.80. The third kappa shape index (κ3) is 4.67. The van der Waals surface area contributed by atoms with Crippen LogP contribution in [0.3, 0.4) is 0 Å². The number of carbonyl (C=O) groups is 1. The van der Waals surface area contributed by atoms with Gasteiger partial charge in [-0.15, -0.1) is 0 Å². The molecule has 0 aliphatic heterocycles. The number of benzene rings is 2. The number of rotatable bonds is 4. The maximum Gasteiger partial charge on any atom is 0.266 e. The van der Waals surface area contributed by atoms with Crippen molar-refractivity contribution in [3.05, 3.63) is 64.7 Å². The normalized spacial score (nSPS) is 11.6. The van der Waals surface area contributed by atoms with Crippen LogP contribution >= 0.6 is 11.6 Å². The van der Waals surface area contributed by atoms with Crippen LogP contribution in [0.5, 0.6) is 0 Å². The van der Waals surface area contributed by atoms with Gasteiger partial charge in [-0.25, -0.2) is 13.6 Å². The predicted molar refractivity (Wildman–Crippen MR) is 91.5 cm³/mol. The Balaban J connectivity index is 2.18. The van der Waals surface area contributed by atoms with E-state index in [1.807, 2.05) is 6.07 Å². The lowest BCUT2D eigenvalue weighted by Gasteiger charge is -2.05. The van der Waals surface area contributed by atoms with E-state index in [0.29, 0.717) is 16.3 Å². The van der Waals surface area contributed by atoms with Gasteiger partial charge < -0.3 is 5.32 Å². The Hall–Kier alpha value is -2.66. The summed E-state index contributed by atoms with van der Waals surface area (Å²) in [6.07, 6.45) is 1.42. The Bertz CT molecular complexity index is 928. The van der Waals surface area contributed by atoms with Crippen LogP contribution < -0.4 is 10.5 Å². The SMILES string of the molecule is N#C/C(=C\c1ccc(Cl)cc1)C(=O)Nc1ccc(S(N)(=O)=O)cc1. The minimum atomic E-state index is -3.80. The Morgan fingerprint density at radius 3 is 2.21 bits per heavy atom. The summed E-state index contributed by atoms with van der Waals surface area (Å²) in [5, 5.41) is 17.2. The molecule has 8 heteroatoms. The van der Waals surface area contributed by atoms with Gasteiger partial charge in [0, 0.05) is 10.7 Å². The summed E-state index contributed by atoms with van der Waals surface area (Å²) >= 11 is 5.78. The number of nitrogens with one attached hydrogen (secondary N) is 1. The molecule has 0 bridgehead atoms. The molecule has 24 heavy (non-hydrogen) atoms. The van der Waals surface area contributed by atoms with E-state index >= 15 is 0 Å². The van der Waals surface area contributed by atoms with Gasteiger partial charge in [0.15, 0.2) is 0 Å². The van der Waals surface area contributed by atoms with Crippen LogP contribution in [0.25, 0.3) is 6.08 Å². The summed E-state index contributed by atoms with van der Waals surface area (Å²) in [5.74, 6) is -0.615. The summed E-state index contributed by atoms with van der Waals surface area (Å²) < 4.78 is 22.4. The average Bonchev–Trinajstić information content (AvgIpc) is 2.54. The largest absolute Gasteiger partial charge is 0.321 e. The molecule has 0 aromatic heterocycles. The number of nitrogens with two attached hydrogens (primary N) is 1. The molecule has 0 unspecified atom stereocenters. The second-order valence-electron chi connectivity index (χ2n) is 4.74. The monoisotopic (exact) mass is 361 g/mol. The predicted octanol–water partition coefficient (Wildman–Crippen LogP) is 2.53. The van der Waals surface area contributed by atoms with Crippen molar-refractivity contribution in [1.29, 1.82) is 5.26 Å². The van der Waals surface area contributed by atoms with Crippen LogP contribution in [0.4, 0.5) is 5.69 Å². The Morgan fingerprint density at radius 2 is 1.71 bits per heavy atom. The fourth-order valence-electron chi connectivity index (χ4n) is 1.80. The smallest absolute Gasteiger partial charge is 0.266 e. The Labute approximate surface area is 144 Å². The first-order valence-corrected chi connectivity index (χ1v) is 8.53. The summed E-state index contributed by atoms with van der Waals surface area (Å²) in [6, 6.07) is 13.8. The van der Waals surface area contributed by atoms with Crippen molar-refractivity contribution < 1.29 is 13.2 Å². The van der Waals surface area contributed by atoms with E-state index in [4.69, 9.17) is 22.0 Å². The lowest BCUT2D eigenvalue weighted by molar-refractivity contribution is -0.112. The van der Waals surface area contributed by atoms with Crippen molar-refractivity contribution >= 4 is 39.3 Å². The molecule has 0 spiro atoms. The van der Waals surface area contributed by atoms with E-state index in [1.54, 1.807) is 24.3 Å². The lowest BCUT2D eigenvalue weighted by Crippen LogP contribution is -2.14. The van der Waals surface area contributed by atoms with Gasteiger partial charge in [-0.1, -0.05) is 23.7 Å². The molecule has 0 aliphatic rings. The molecule has 0 heterocycles. The van der Waals surface area contributed by atoms with E-state index in [2.05, 4.69) is 5.32 Å². The van der Waals surface area contributed by atoms with E-state index in [0.717, 1.165) is 0 Å². The van der Waals surface area contributed by atoms with Crippen LogP contribution in [-0.2, 0) is 14.8 Å². The summed E-state index contributed by atoms with van der Waals surface area (Å²) in [6.45, 7) is 0. The van der Waals surface area contributed by atoms with Gasteiger partial charge in [-0.2, -0.15) is 5.26 Å². The number of amides is 1. The molecule has 0 fully saturated rings. The third-order valence-corrected chi connectivity index (χ3v) is 4.17. The maximum absolute atomic E-state index is 12.1. The number of anilines is 1. The zero-order valence-electron chi connectivity index (χ0n) is 12.2. The van der Waals surface area contributed by atoms with E-state index in [-0.39, 0.29) is 10.5 Å². The molecule has 1 amide bonds. The fraction of sp³-hybridized carbons (Fsp3) is 0. The first-order chi connectivity index (χ1) is 11.3. The molecule has 2 aromatic rings. The Morgan fingerprint density at radius 1 is 1.12 bits per heavy atom. The zero-order valence-corrected chi connectivity index (χ0v) is 13.8. The second-order valence-corrected chi connectivity index (χ2v) is 6.74. The molecule has 0 radical (unpaired) electrons. The number of halogens is 1. The number of nitrogens with zero attached hydrogens (tertiary/aromatic N) is 1. The number of primary sulfonamides is 1. The molecule has 3 N–H and O–H groups in total. The first-order valence-electron chi connectivity index (χ1n) is 6.61. The standard InChI is InChI=1S/C16H12ClN3O3S/c17-13-3-1-11(2-4-13)9-12(10-18)16(21)20-14-5-7-15(8-6-14)24(19,22)23/h1-9H,(H,20,21)(H2,19,22,23)/b12-9+. The van der Waals surface area contributed by atoms with Crippen molar-refractivity contribution in [2.45, 2.75) is 4.90 Å². The molecule has 6 nitrogen and oxygen atoms in total. The molecule has 0 saturated heterocycles.